The summed E-state index contributed by atoms with van der Waals surface area (Å²) in [5.74, 6) is -1.04. The van der Waals surface area contributed by atoms with Crippen molar-refractivity contribution < 1.29 is 28.6 Å². The number of hydrogen-bond donors (Lipinski definition) is 0. The average Bonchev–Trinajstić information content (AvgIpc) is 3.31. The molecule has 6 nitrogen and oxygen atoms in total. The summed E-state index contributed by atoms with van der Waals surface area (Å²) in [4.78, 5) is 37.9. The van der Waals surface area contributed by atoms with Crippen molar-refractivity contribution in [2.24, 2.45) is 0 Å². The van der Waals surface area contributed by atoms with E-state index in [-0.39, 0.29) is 44.0 Å². The minimum atomic E-state index is -0.826. The van der Waals surface area contributed by atoms with Crippen LogP contribution in [-0.2, 0) is 28.6 Å². The topological polar surface area (TPSA) is 78.9 Å². The molecule has 0 fully saturated rings. The van der Waals surface area contributed by atoms with E-state index in [4.69, 9.17) is 14.2 Å². The summed E-state index contributed by atoms with van der Waals surface area (Å²) >= 11 is 0. The average molecular weight is 913 g/mol. The van der Waals surface area contributed by atoms with Crippen molar-refractivity contribution in [2.75, 3.05) is 13.2 Å². The number of rotatable bonds is 46. The normalized spacial score (nSPS) is 13.1. The molecule has 0 N–H and O–H groups in total. The van der Waals surface area contributed by atoms with Crippen LogP contribution in [0, 0.1) is 0 Å². The van der Waals surface area contributed by atoms with E-state index in [2.05, 4.69) is 130 Å². The van der Waals surface area contributed by atoms with E-state index in [0.29, 0.717) is 19.3 Å². The van der Waals surface area contributed by atoms with Crippen LogP contribution in [0.15, 0.2) is 122 Å². The highest BCUT2D eigenvalue weighted by molar-refractivity contribution is 5.71. The Morgan fingerprint density at radius 3 is 1.05 bits per heavy atom. The molecule has 0 bridgehead atoms. The van der Waals surface area contributed by atoms with Crippen LogP contribution in [0.25, 0.3) is 0 Å². The van der Waals surface area contributed by atoms with Crippen LogP contribution in [0.5, 0.6) is 0 Å². The van der Waals surface area contributed by atoms with Gasteiger partial charge in [-0.2, -0.15) is 0 Å². The molecular formula is C60H96O6. The van der Waals surface area contributed by atoms with Gasteiger partial charge in [0.15, 0.2) is 6.10 Å². The van der Waals surface area contributed by atoms with Crippen LogP contribution in [0.3, 0.4) is 0 Å². The molecular weight excluding hydrogens is 817 g/mol. The molecule has 0 aliphatic carbocycles. The molecule has 0 saturated carbocycles. The monoisotopic (exact) mass is 913 g/mol. The van der Waals surface area contributed by atoms with Gasteiger partial charge in [-0.1, -0.05) is 219 Å². The Balaban J connectivity index is 4.54. The number of ether oxygens (including phenoxy) is 3. The smallest absolute Gasteiger partial charge is 0.306 e. The maximum Gasteiger partial charge on any atom is 0.306 e. The minimum Gasteiger partial charge on any atom is -0.462 e. The first-order valence-corrected chi connectivity index (χ1v) is 26.5. The van der Waals surface area contributed by atoms with Crippen molar-refractivity contribution in [2.45, 2.75) is 226 Å². The Bertz CT molecular complexity index is 1420. The lowest BCUT2D eigenvalue weighted by molar-refractivity contribution is -0.166. The van der Waals surface area contributed by atoms with Crippen molar-refractivity contribution in [3.63, 3.8) is 0 Å². The molecule has 1 atom stereocenters. The molecule has 0 spiro atoms. The number of esters is 3. The first-order chi connectivity index (χ1) is 32.5. The summed E-state index contributed by atoms with van der Waals surface area (Å²) in [5, 5.41) is 0. The van der Waals surface area contributed by atoms with Gasteiger partial charge in [0.05, 0.1) is 0 Å². The predicted molar refractivity (Wildman–Crippen MR) is 283 cm³/mol. The lowest BCUT2D eigenvalue weighted by atomic mass is 10.1. The molecule has 0 radical (unpaired) electrons. The highest BCUT2D eigenvalue weighted by atomic mass is 16.6. The van der Waals surface area contributed by atoms with Crippen LogP contribution < -0.4 is 0 Å². The maximum absolute atomic E-state index is 12.8. The van der Waals surface area contributed by atoms with Crippen LogP contribution >= 0.6 is 0 Å². The fourth-order valence-corrected chi connectivity index (χ4v) is 6.74. The van der Waals surface area contributed by atoms with Gasteiger partial charge in [0.1, 0.15) is 13.2 Å². The standard InChI is InChI=1S/C60H96O6/c1-4-7-10-13-16-19-22-24-26-28-30-32-34-36-38-41-44-47-50-53-59(62)65-56-57(55-64-58(61)52-49-46-43-40-21-18-15-12-9-6-3)66-60(63)54-51-48-45-42-39-37-35-33-31-29-27-25-23-20-17-14-11-8-5-2/h7,10,16-17,19-20,24-27,30-33,36-39,44,47,57H,4-6,8-9,11-15,18,21-23,28-29,34-35,40-43,45-46,48-56H2,1-3H3/b10-7-,19-16-,20-17-,26-24-,27-25-,32-30-,33-31-,38-36-,39-37-,47-44-/t57-/m1/s1. The maximum atomic E-state index is 12.8. The summed E-state index contributed by atoms with van der Waals surface area (Å²) in [7, 11) is 0. The van der Waals surface area contributed by atoms with Gasteiger partial charge in [0.2, 0.25) is 0 Å². The van der Waals surface area contributed by atoms with Crippen molar-refractivity contribution in [1.29, 1.82) is 0 Å². The minimum absolute atomic E-state index is 0.116. The molecule has 6 heteroatoms. The highest BCUT2D eigenvalue weighted by Gasteiger charge is 2.19. The number of allylic oxidation sites excluding steroid dienone is 20. The first kappa shape index (κ1) is 61.8. The SMILES string of the molecule is CC/C=C\C/C=C\C/C=C\C/C=C\C/C=C\C/C=C\CCC(=O)OC[C@@H](COC(=O)CCCCCCCCCCCC)OC(=O)CCCCC/C=C\C/C=C\C/C=C\C/C=C\CCCCC. The summed E-state index contributed by atoms with van der Waals surface area (Å²) in [6.07, 6.45) is 73.4. The van der Waals surface area contributed by atoms with Gasteiger partial charge in [-0.05, 0) is 103 Å². The second-order valence-corrected chi connectivity index (χ2v) is 17.1. The highest BCUT2D eigenvalue weighted by Crippen LogP contribution is 2.13. The third kappa shape index (κ3) is 50.8. The van der Waals surface area contributed by atoms with Crippen LogP contribution in [0.2, 0.25) is 0 Å². The zero-order valence-electron chi connectivity index (χ0n) is 42.4. The van der Waals surface area contributed by atoms with Gasteiger partial charge in [0.25, 0.3) is 0 Å². The number of hydrogen-bond acceptors (Lipinski definition) is 6. The third-order valence-electron chi connectivity index (χ3n) is 10.7. The van der Waals surface area contributed by atoms with E-state index in [9.17, 15) is 14.4 Å². The van der Waals surface area contributed by atoms with Gasteiger partial charge >= 0.3 is 17.9 Å². The second kappa shape index (κ2) is 53.4. The van der Waals surface area contributed by atoms with E-state index in [1.165, 1.54) is 70.6 Å². The van der Waals surface area contributed by atoms with Crippen LogP contribution in [-0.4, -0.2) is 37.2 Å². The molecule has 0 aliphatic rings. The van der Waals surface area contributed by atoms with E-state index in [0.717, 1.165) is 96.3 Å². The number of unbranched alkanes of at least 4 members (excludes halogenated alkanes) is 15. The summed E-state index contributed by atoms with van der Waals surface area (Å²) in [6, 6.07) is 0. The fourth-order valence-electron chi connectivity index (χ4n) is 6.74. The summed E-state index contributed by atoms with van der Waals surface area (Å²) in [6.45, 7) is 6.37. The third-order valence-corrected chi connectivity index (χ3v) is 10.7. The molecule has 0 unspecified atom stereocenters. The van der Waals surface area contributed by atoms with Crippen LogP contribution in [0.1, 0.15) is 220 Å². The lowest BCUT2D eigenvalue weighted by Gasteiger charge is -2.18. The molecule has 0 amide bonds. The molecule has 0 rings (SSSR count). The Labute approximate surface area is 405 Å². The Hall–Kier alpha value is -4.19. The molecule has 0 saturated heterocycles. The van der Waals surface area contributed by atoms with E-state index >= 15 is 0 Å². The molecule has 66 heavy (non-hydrogen) atoms. The molecule has 0 aromatic rings. The molecule has 0 aliphatic heterocycles. The Morgan fingerprint density at radius 2 is 0.621 bits per heavy atom. The summed E-state index contributed by atoms with van der Waals surface area (Å²) < 4.78 is 16.7. The molecule has 0 heterocycles. The van der Waals surface area contributed by atoms with Gasteiger partial charge < -0.3 is 14.2 Å². The molecule has 0 aromatic carbocycles. The lowest BCUT2D eigenvalue weighted by Crippen LogP contribution is -2.30. The van der Waals surface area contributed by atoms with Crippen molar-refractivity contribution in [3.05, 3.63) is 122 Å². The zero-order valence-corrected chi connectivity index (χ0v) is 42.4. The fraction of sp³-hybridized carbons (Fsp3) is 0.617. The van der Waals surface area contributed by atoms with E-state index in [1.807, 2.05) is 12.2 Å². The second-order valence-electron chi connectivity index (χ2n) is 17.1. The molecule has 372 valence electrons. The number of carbonyl (C=O) groups excluding carboxylic acids is 3. The van der Waals surface area contributed by atoms with E-state index in [1.54, 1.807) is 0 Å². The first-order valence-electron chi connectivity index (χ1n) is 26.5. The Kier molecular flexibility index (Phi) is 50.0. The van der Waals surface area contributed by atoms with Crippen molar-refractivity contribution in [3.8, 4) is 0 Å². The van der Waals surface area contributed by atoms with Gasteiger partial charge in [-0.3, -0.25) is 14.4 Å². The zero-order chi connectivity index (χ0) is 47.9. The van der Waals surface area contributed by atoms with Gasteiger partial charge in [-0.25, -0.2) is 0 Å². The predicted octanol–water partition coefficient (Wildman–Crippen LogP) is 17.7. The van der Waals surface area contributed by atoms with Crippen molar-refractivity contribution >= 4 is 17.9 Å². The largest absolute Gasteiger partial charge is 0.462 e. The van der Waals surface area contributed by atoms with E-state index < -0.39 is 6.10 Å². The summed E-state index contributed by atoms with van der Waals surface area (Å²) in [5.41, 5.74) is 0. The Morgan fingerprint density at radius 1 is 0.318 bits per heavy atom. The van der Waals surface area contributed by atoms with Gasteiger partial charge in [-0.15, -0.1) is 0 Å². The number of carbonyl (C=O) groups is 3. The van der Waals surface area contributed by atoms with Crippen molar-refractivity contribution in [1.82, 2.24) is 0 Å². The molecule has 0 aromatic heterocycles. The quantitative estimate of drug-likeness (QED) is 0.0262. The van der Waals surface area contributed by atoms with Gasteiger partial charge in [0, 0.05) is 19.3 Å². The van der Waals surface area contributed by atoms with Crippen LogP contribution in [0.4, 0.5) is 0 Å².